The lowest BCUT2D eigenvalue weighted by atomic mass is 10.1. The van der Waals surface area contributed by atoms with E-state index in [0.717, 1.165) is 11.6 Å². The molecule has 2 rings (SSSR count). The third kappa shape index (κ3) is 4.83. The minimum atomic E-state index is -3.27. The first-order valence-corrected chi connectivity index (χ1v) is 9.07. The molecule has 0 saturated heterocycles. The molecule has 0 spiro atoms. The van der Waals surface area contributed by atoms with Gasteiger partial charge in [0, 0.05) is 17.6 Å². The van der Waals surface area contributed by atoms with Crippen LogP contribution in [0.25, 0.3) is 0 Å². The summed E-state index contributed by atoms with van der Waals surface area (Å²) in [5, 5.41) is 5.95. The molecule has 1 heterocycles. The number of hydrogen-bond acceptors (Lipinski definition) is 5. The molecule has 19 heavy (non-hydrogen) atoms. The maximum atomic E-state index is 12.0. The van der Waals surface area contributed by atoms with Gasteiger partial charge >= 0.3 is 0 Å². The first-order chi connectivity index (χ1) is 8.89. The molecule has 1 fully saturated rings. The number of aromatic nitrogens is 1. The summed E-state index contributed by atoms with van der Waals surface area (Å²) in [5.74, 6) is 0.154. The summed E-state index contributed by atoms with van der Waals surface area (Å²) in [6.07, 6.45) is 4.78. The normalized spacial score (nSPS) is 16.7. The Kier molecular flexibility index (Phi) is 4.60. The van der Waals surface area contributed by atoms with Gasteiger partial charge in [0.15, 0.2) is 0 Å². The molecule has 7 heteroatoms. The molecule has 0 unspecified atom stereocenters. The van der Waals surface area contributed by atoms with E-state index < -0.39 is 15.6 Å². The Hall–Kier alpha value is -0.500. The SMILES string of the molecule is CC(C)(NS(=O)(=O)CCCNC1CC1)c1nccs1. The van der Waals surface area contributed by atoms with Crippen LogP contribution in [-0.2, 0) is 15.6 Å². The van der Waals surface area contributed by atoms with Crippen molar-refractivity contribution in [3.05, 3.63) is 16.6 Å². The Balaban J connectivity index is 1.81. The molecule has 0 atom stereocenters. The van der Waals surface area contributed by atoms with Crippen LogP contribution in [0, 0.1) is 0 Å². The molecule has 0 bridgehead atoms. The third-order valence-corrected chi connectivity index (χ3v) is 5.72. The summed E-state index contributed by atoms with van der Waals surface area (Å²) >= 11 is 1.46. The topological polar surface area (TPSA) is 71.1 Å². The summed E-state index contributed by atoms with van der Waals surface area (Å²) in [7, 11) is -3.27. The number of hydrogen-bond donors (Lipinski definition) is 2. The Bertz CT molecular complexity index is 493. The van der Waals surface area contributed by atoms with E-state index in [0.29, 0.717) is 12.5 Å². The zero-order valence-electron chi connectivity index (χ0n) is 11.3. The van der Waals surface area contributed by atoms with Crippen LogP contribution < -0.4 is 10.0 Å². The largest absolute Gasteiger partial charge is 0.314 e. The predicted octanol–water partition coefficient (Wildman–Crippen LogP) is 1.44. The highest BCUT2D eigenvalue weighted by Crippen LogP contribution is 2.23. The molecule has 1 aliphatic carbocycles. The van der Waals surface area contributed by atoms with Crippen molar-refractivity contribution in [1.82, 2.24) is 15.0 Å². The lowest BCUT2D eigenvalue weighted by molar-refractivity contribution is 0.468. The quantitative estimate of drug-likeness (QED) is 0.713. The van der Waals surface area contributed by atoms with Crippen molar-refractivity contribution in [3.63, 3.8) is 0 Å². The van der Waals surface area contributed by atoms with Crippen molar-refractivity contribution in [1.29, 1.82) is 0 Å². The van der Waals surface area contributed by atoms with Crippen molar-refractivity contribution < 1.29 is 8.42 Å². The molecule has 0 aromatic carbocycles. The Morgan fingerprint density at radius 1 is 1.47 bits per heavy atom. The van der Waals surface area contributed by atoms with Crippen LogP contribution in [0.5, 0.6) is 0 Å². The lowest BCUT2D eigenvalue weighted by Gasteiger charge is -2.23. The van der Waals surface area contributed by atoms with Crippen LogP contribution in [0.1, 0.15) is 38.1 Å². The first kappa shape index (κ1) is 14.9. The van der Waals surface area contributed by atoms with E-state index in [4.69, 9.17) is 0 Å². The standard InChI is InChI=1S/C12H21N3O2S2/c1-12(2,11-14-7-8-18-11)15-19(16,17)9-3-6-13-10-4-5-10/h7-8,10,13,15H,3-6,9H2,1-2H3. The average molecular weight is 303 g/mol. The average Bonchev–Trinajstić information content (AvgIpc) is 2.92. The maximum absolute atomic E-state index is 12.0. The Morgan fingerprint density at radius 2 is 2.21 bits per heavy atom. The molecule has 108 valence electrons. The van der Waals surface area contributed by atoms with Gasteiger partial charge in [-0.2, -0.15) is 0 Å². The minimum absolute atomic E-state index is 0.154. The first-order valence-electron chi connectivity index (χ1n) is 6.54. The third-order valence-electron chi connectivity index (χ3n) is 2.98. The Labute approximate surface area is 118 Å². The van der Waals surface area contributed by atoms with E-state index in [1.807, 2.05) is 19.2 Å². The molecule has 5 nitrogen and oxygen atoms in total. The van der Waals surface area contributed by atoms with Gasteiger partial charge in [-0.15, -0.1) is 11.3 Å². The lowest BCUT2D eigenvalue weighted by Crippen LogP contribution is -2.42. The van der Waals surface area contributed by atoms with Crippen LogP contribution in [-0.4, -0.2) is 31.7 Å². The van der Waals surface area contributed by atoms with Gasteiger partial charge in [-0.25, -0.2) is 18.1 Å². The van der Waals surface area contributed by atoms with Crippen molar-refractivity contribution in [2.45, 2.75) is 44.7 Å². The van der Waals surface area contributed by atoms with Gasteiger partial charge in [-0.1, -0.05) is 0 Å². The van der Waals surface area contributed by atoms with Gasteiger partial charge < -0.3 is 5.32 Å². The molecule has 1 aromatic rings. The van der Waals surface area contributed by atoms with Crippen LogP contribution in [0.4, 0.5) is 0 Å². The van der Waals surface area contributed by atoms with Gasteiger partial charge in [0.2, 0.25) is 10.0 Å². The van der Waals surface area contributed by atoms with Crippen LogP contribution in [0.15, 0.2) is 11.6 Å². The molecule has 2 N–H and O–H groups in total. The maximum Gasteiger partial charge on any atom is 0.212 e. The van der Waals surface area contributed by atoms with Crippen molar-refractivity contribution in [3.8, 4) is 0 Å². The highest BCUT2D eigenvalue weighted by atomic mass is 32.2. The number of rotatable bonds is 8. The zero-order valence-corrected chi connectivity index (χ0v) is 13.0. The molecule has 1 aliphatic rings. The molecular formula is C12H21N3O2S2. The second-order valence-electron chi connectivity index (χ2n) is 5.47. The van der Waals surface area contributed by atoms with Crippen LogP contribution >= 0.6 is 11.3 Å². The fourth-order valence-corrected chi connectivity index (χ4v) is 4.15. The van der Waals surface area contributed by atoms with E-state index in [2.05, 4.69) is 15.0 Å². The number of thiazole rings is 1. The highest BCUT2D eigenvalue weighted by molar-refractivity contribution is 7.89. The van der Waals surface area contributed by atoms with E-state index >= 15 is 0 Å². The van der Waals surface area contributed by atoms with Crippen molar-refractivity contribution >= 4 is 21.4 Å². The molecule has 1 saturated carbocycles. The zero-order chi connectivity index (χ0) is 13.9. The number of nitrogens with one attached hydrogen (secondary N) is 2. The summed E-state index contributed by atoms with van der Waals surface area (Å²) < 4.78 is 26.8. The predicted molar refractivity (Wildman–Crippen MR) is 77.7 cm³/mol. The summed E-state index contributed by atoms with van der Waals surface area (Å²) in [4.78, 5) is 4.18. The Morgan fingerprint density at radius 3 is 2.79 bits per heavy atom. The van der Waals surface area contributed by atoms with E-state index in [9.17, 15) is 8.42 Å². The van der Waals surface area contributed by atoms with E-state index in [-0.39, 0.29) is 5.75 Å². The fourth-order valence-electron chi connectivity index (χ4n) is 1.87. The van der Waals surface area contributed by atoms with Gasteiger partial charge in [-0.05, 0) is 39.7 Å². The van der Waals surface area contributed by atoms with Crippen LogP contribution in [0.3, 0.4) is 0 Å². The molecule has 0 aliphatic heterocycles. The highest BCUT2D eigenvalue weighted by Gasteiger charge is 2.28. The monoisotopic (exact) mass is 303 g/mol. The summed E-state index contributed by atoms with van der Waals surface area (Å²) in [6, 6.07) is 0.627. The minimum Gasteiger partial charge on any atom is -0.314 e. The second-order valence-corrected chi connectivity index (χ2v) is 8.20. The summed E-state index contributed by atoms with van der Waals surface area (Å²) in [5.41, 5.74) is -0.642. The molecule has 0 radical (unpaired) electrons. The van der Waals surface area contributed by atoms with Crippen molar-refractivity contribution in [2.75, 3.05) is 12.3 Å². The number of nitrogens with zero attached hydrogens (tertiary/aromatic N) is 1. The van der Waals surface area contributed by atoms with Gasteiger partial charge in [-0.3, -0.25) is 0 Å². The van der Waals surface area contributed by atoms with Crippen molar-refractivity contribution in [2.24, 2.45) is 0 Å². The van der Waals surface area contributed by atoms with Gasteiger partial charge in [0.05, 0.1) is 11.3 Å². The second kappa shape index (κ2) is 5.87. The smallest absolute Gasteiger partial charge is 0.212 e. The van der Waals surface area contributed by atoms with E-state index in [1.54, 1.807) is 6.20 Å². The number of sulfonamides is 1. The molecule has 0 amide bonds. The summed E-state index contributed by atoms with van der Waals surface area (Å²) in [6.45, 7) is 4.45. The molecule has 1 aromatic heterocycles. The fraction of sp³-hybridized carbons (Fsp3) is 0.750. The van der Waals surface area contributed by atoms with Gasteiger partial charge in [0.25, 0.3) is 0 Å². The molecular weight excluding hydrogens is 282 g/mol. The van der Waals surface area contributed by atoms with Crippen LogP contribution in [0.2, 0.25) is 0 Å². The van der Waals surface area contributed by atoms with E-state index in [1.165, 1.54) is 24.2 Å². The van der Waals surface area contributed by atoms with Gasteiger partial charge in [0.1, 0.15) is 5.01 Å².